The van der Waals surface area contributed by atoms with Crippen LogP contribution in [0.15, 0.2) is 18.2 Å². The van der Waals surface area contributed by atoms with Crippen molar-refractivity contribution < 1.29 is 13.6 Å². The van der Waals surface area contributed by atoms with Crippen molar-refractivity contribution in [2.24, 2.45) is 0 Å². The third-order valence-corrected chi connectivity index (χ3v) is 4.17. The van der Waals surface area contributed by atoms with E-state index in [2.05, 4.69) is 10.3 Å². The van der Waals surface area contributed by atoms with Gasteiger partial charge in [-0.05, 0) is 25.5 Å². The number of amides is 1. The number of carbonyl (C=O) groups excluding carboxylic acids is 1. The van der Waals surface area contributed by atoms with E-state index in [-0.39, 0.29) is 16.5 Å². The number of hydrogen-bond donors (Lipinski definition) is 1. The summed E-state index contributed by atoms with van der Waals surface area (Å²) in [5.41, 5.74) is 0.296. The van der Waals surface area contributed by atoms with Crippen LogP contribution < -0.4 is 5.32 Å². The van der Waals surface area contributed by atoms with Gasteiger partial charge in [-0.3, -0.25) is 4.79 Å². The molecule has 0 aliphatic rings. The van der Waals surface area contributed by atoms with Gasteiger partial charge in [-0.1, -0.05) is 19.4 Å². The highest BCUT2D eigenvalue weighted by molar-refractivity contribution is 7.17. The van der Waals surface area contributed by atoms with Crippen molar-refractivity contribution in [3.05, 3.63) is 40.4 Å². The summed E-state index contributed by atoms with van der Waals surface area (Å²) >= 11 is 1.00. The molecule has 2 aromatic rings. The summed E-state index contributed by atoms with van der Waals surface area (Å²) in [4.78, 5) is 16.5. The largest absolute Gasteiger partial charge is 0.351 e. The highest BCUT2D eigenvalue weighted by atomic mass is 32.1. The number of halogens is 2. The summed E-state index contributed by atoms with van der Waals surface area (Å²) in [5, 5.41) is 2.96. The van der Waals surface area contributed by atoms with Gasteiger partial charge in [0.15, 0.2) is 0 Å². The molecule has 21 heavy (non-hydrogen) atoms. The summed E-state index contributed by atoms with van der Waals surface area (Å²) in [7, 11) is 0. The van der Waals surface area contributed by atoms with Crippen molar-refractivity contribution in [1.29, 1.82) is 0 Å². The Hall–Kier alpha value is -1.82. The minimum absolute atomic E-state index is 0.182. The van der Waals surface area contributed by atoms with Crippen LogP contribution in [0.25, 0.3) is 10.6 Å². The lowest BCUT2D eigenvalue weighted by molar-refractivity contribution is 0.0956. The van der Waals surface area contributed by atoms with Crippen molar-refractivity contribution in [3.63, 3.8) is 0 Å². The van der Waals surface area contributed by atoms with Crippen LogP contribution in [-0.2, 0) is 0 Å². The van der Waals surface area contributed by atoms with E-state index in [1.54, 1.807) is 6.92 Å². The normalized spacial score (nSPS) is 10.7. The lowest BCUT2D eigenvalue weighted by atomic mass is 10.2. The average molecular weight is 310 g/mol. The molecule has 6 heteroatoms. The fourth-order valence-corrected chi connectivity index (χ4v) is 2.91. The van der Waals surface area contributed by atoms with Gasteiger partial charge in [0.25, 0.3) is 5.91 Å². The Kier molecular flexibility index (Phi) is 5.01. The first-order chi connectivity index (χ1) is 10.0. The van der Waals surface area contributed by atoms with Crippen LogP contribution in [0.4, 0.5) is 8.78 Å². The number of thiazole rings is 1. The molecule has 2 rings (SSSR count). The van der Waals surface area contributed by atoms with Gasteiger partial charge in [0, 0.05) is 6.54 Å². The highest BCUT2D eigenvalue weighted by Gasteiger charge is 2.20. The predicted molar refractivity (Wildman–Crippen MR) is 79.4 cm³/mol. The fraction of sp³-hybridized carbons (Fsp3) is 0.333. The van der Waals surface area contributed by atoms with Crippen LogP contribution >= 0.6 is 11.3 Å². The van der Waals surface area contributed by atoms with Gasteiger partial charge in [0.2, 0.25) is 0 Å². The van der Waals surface area contributed by atoms with Gasteiger partial charge in [-0.15, -0.1) is 11.3 Å². The number of nitrogens with zero attached hydrogens (tertiary/aromatic N) is 1. The molecule has 0 bridgehead atoms. The number of rotatable bonds is 5. The molecule has 0 unspecified atom stereocenters. The number of aromatic nitrogens is 1. The van der Waals surface area contributed by atoms with Gasteiger partial charge < -0.3 is 5.32 Å². The maximum Gasteiger partial charge on any atom is 0.263 e. The number of aryl methyl sites for hydroxylation is 1. The number of nitrogens with one attached hydrogen (secondary N) is 1. The van der Waals surface area contributed by atoms with Crippen LogP contribution in [0.5, 0.6) is 0 Å². The summed E-state index contributed by atoms with van der Waals surface area (Å²) in [6.07, 6.45) is 1.87. The quantitative estimate of drug-likeness (QED) is 0.850. The molecule has 0 radical (unpaired) electrons. The second-order valence-corrected chi connectivity index (χ2v) is 5.64. The van der Waals surface area contributed by atoms with E-state index in [4.69, 9.17) is 0 Å². The molecule has 0 saturated carbocycles. The molecule has 3 nitrogen and oxygen atoms in total. The Morgan fingerprint density at radius 3 is 2.62 bits per heavy atom. The highest BCUT2D eigenvalue weighted by Crippen LogP contribution is 2.31. The van der Waals surface area contributed by atoms with E-state index in [1.807, 2.05) is 6.92 Å². The Morgan fingerprint density at radius 1 is 1.33 bits per heavy atom. The molecule has 1 aromatic carbocycles. The van der Waals surface area contributed by atoms with Crippen LogP contribution in [-0.4, -0.2) is 17.4 Å². The molecule has 1 amide bonds. The number of hydrogen-bond acceptors (Lipinski definition) is 3. The van der Waals surface area contributed by atoms with Crippen LogP contribution in [0, 0.1) is 18.6 Å². The first-order valence-corrected chi connectivity index (χ1v) is 7.56. The second kappa shape index (κ2) is 6.76. The van der Waals surface area contributed by atoms with Crippen LogP contribution in [0.3, 0.4) is 0 Å². The zero-order valence-electron chi connectivity index (χ0n) is 11.9. The minimum Gasteiger partial charge on any atom is -0.351 e. The van der Waals surface area contributed by atoms with Gasteiger partial charge in [0.1, 0.15) is 21.5 Å². The standard InChI is InChI=1S/C15H16F2N2OS/c1-3-4-8-18-14(20)13-9(2)19-15(21-13)12-10(16)6-5-7-11(12)17/h5-7H,3-4,8H2,1-2H3,(H,18,20). The van der Waals surface area contributed by atoms with E-state index in [1.165, 1.54) is 18.2 Å². The molecule has 0 aliphatic heterocycles. The molecule has 0 atom stereocenters. The Balaban J connectivity index is 2.29. The first kappa shape index (κ1) is 15.6. The topological polar surface area (TPSA) is 42.0 Å². The summed E-state index contributed by atoms with van der Waals surface area (Å²) in [5.74, 6) is -1.61. The first-order valence-electron chi connectivity index (χ1n) is 6.74. The van der Waals surface area contributed by atoms with Crippen molar-refractivity contribution in [3.8, 4) is 10.6 Å². The van der Waals surface area contributed by atoms with Crippen LogP contribution in [0.2, 0.25) is 0 Å². The molecule has 1 heterocycles. The summed E-state index contributed by atoms with van der Waals surface area (Å²) in [6, 6.07) is 3.65. The number of benzene rings is 1. The summed E-state index contributed by atoms with van der Waals surface area (Å²) < 4.78 is 27.5. The Labute approximate surface area is 126 Å². The van der Waals surface area contributed by atoms with Crippen molar-refractivity contribution >= 4 is 17.2 Å². The van der Waals surface area contributed by atoms with Gasteiger partial charge in [-0.25, -0.2) is 13.8 Å². The van der Waals surface area contributed by atoms with Gasteiger partial charge in [0.05, 0.1) is 11.3 Å². The van der Waals surface area contributed by atoms with E-state index in [0.717, 1.165) is 24.2 Å². The average Bonchev–Trinajstić information content (AvgIpc) is 2.80. The zero-order valence-corrected chi connectivity index (χ0v) is 12.7. The minimum atomic E-state index is -0.679. The zero-order chi connectivity index (χ0) is 15.4. The third kappa shape index (κ3) is 3.44. The molecule has 0 aliphatic carbocycles. The molecule has 112 valence electrons. The maximum absolute atomic E-state index is 13.8. The molecular formula is C15H16F2N2OS. The van der Waals surface area contributed by atoms with Crippen molar-refractivity contribution in [2.75, 3.05) is 6.54 Å². The van der Waals surface area contributed by atoms with Gasteiger partial charge >= 0.3 is 0 Å². The molecule has 1 aromatic heterocycles. The number of unbranched alkanes of at least 4 members (excludes halogenated alkanes) is 1. The Morgan fingerprint density at radius 2 is 2.00 bits per heavy atom. The fourth-order valence-electron chi connectivity index (χ4n) is 1.88. The third-order valence-electron chi connectivity index (χ3n) is 3.00. The second-order valence-electron chi connectivity index (χ2n) is 4.64. The van der Waals surface area contributed by atoms with Gasteiger partial charge in [-0.2, -0.15) is 0 Å². The predicted octanol–water partition coefficient (Wildman–Crippen LogP) is 3.93. The summed E-state index contributed by atoms with van der Waals surface area (Å²) in [6.45, 7) is 4.27. The lowest BCUT2D eigenvalue weighted by Gasteiger charge is -2.02. The molecule has 0 fully saturated rings. The lowest BCUT2D eigenvalue weighted by Crippen LogP contribution is -2.24. The van der Waals surface area contributed by atoms with E-state index in [9.17, 15) is 13.6 Å². The van der Waals surface area contributed by atoms with Crippen molar-refractivity contribution in [1.82, 2.24) is 10.3 Å². The molecule has 0 saturated heterocycles. The molecular weight excluding hydrogens is 294 g/mol. The van der Waals surface area contributed by atoms with E-state index in [0.29, 0.717) is 17.1 Å². The van der Waals surface area contributed by atoms with Crippen LogP contribution in [0.1, 0.15) is 35.1 Å². The maximum atomic E-state index is 13.8. The SMILES string of the molecule is CCCCNC(=O)c1sc(-c2c(F)cccc2F)nc1C. The van der Waals surface area contributed by atoms with E-state index < -0.39 is 11.6 Å². The smallest absolute Gasteiger partial charge is 0.263 e. The van der Waals surface area contributed by atoms with Crippen molar-refractivity contribution in [2.45, 2.75) is 26.7 Å². The monoisotopic (exact) mass is 310 g/mol. The number of carbonyl (C=O) groups is 1. The molecule has 0 spiro atoms. The Bertz CT molecular complexity index is 635. The van der Waals surface area contributed by atoms with E-state index >= 15 is 0 Å². The molecule has 1 N–H and O–H groups in total.